The van der Waals surface area contributed by atoms with Crippen LogP contribution in [0.2, 0.25) is 0 Å². The molecule has 1 aliphatic rings. The van der Waals surface area contributed by atoms with Gasteiger partial charge in [0.25, 0.3) is 0 Å². The maximum absolute atomic E-state index is 12.7. The first-order valence-corrected chi connectivity index (χ1v) is 8.87. The average molecular weight is 301 g/mol. The zero-order valence-corrected chi connectivity index (χ0v) is 12.8. The van der Waals surface area contributed by atoms with Crippen molar-refractivity contribution < 1.29 is 13.5 Å². The van der Waals surface area contributed by atoms with E-state index >= 15 is 0 Å². The third-order valence-electron chi connectivity index (χ3n) is 3.46. The van der Waals surface area contributed by atoms with Crippen LogP contribution < -0.4 is 0 Å². The van der Waals surface area contributed by atoms with Gasteiger partial charge < -0.3 is 5.11 Å². The number of aliphatic hydroxyl groups is 1. The lowest BCUT2D eigenvalue weighted by Gasteiger charge is -2.32. The highest BCUT2D eigenvalue weighted by atomic mass is 32.2. The molecule has 1 fully saturated rings. The minimum Gasteiger partial charge on any atom is -0.392 e. The van der Waals surface area contributed by atoms with Gasteiger partial charge in [-0.3, -0.25) is 0 Å². The fraction of sp³-hybridized carbons (Fsp3) is 0.538. The molecule has 2 rings (SSSR count). The van der Waals surface area contributed by atoms with E-state index < -0.39 is 10.0 Å². The Labute approximate surface area is 118 Å². The van der Waals surface area contributed by atoms with E-state index in [9.17, 15) is 13.5 Å². The van der Waals surface area contributed by atoms with Gasteiger partial charge >= 0.3 is 0 Å². The van der Waals surface area contributed by atoms with E-state index in [0.29, 0.717) is 22.6 Å². The predicted octanol–water partition coefficient (Wildman–Crippen LogP) is 1.61. The molecule has 1 aromatic rings. The normalized spacial score (nSPS) is 21.5. The number of nitrogens with zero attached hydrogens (tertiary/aromatic N) is 1. The molecule has 4 nitrogen and oxygen atoms in total. The van der Waals surface area contributed by atoms with Gasteiger partial charge in [-0.1, -0.05) is 12.1 Å². The molecule has 19 heavy (non-hydrogen) atoms. The summed E-state index contributed by atoms with van der Waals surface area (Å²) in [6.07, 6.45) is 0. The minimum atomic E-state index is -3.47. The van der Waals surface area contributed by atoms with Crippen LogP contribution in [0.25, 0.3) is 0 Å². The highest BCUT2D eigenvalue weighted by Gasteiger charge is 2.32. The van der Waals surface area contributed by atoms with E-state index in [1.807, 2.05) is 6.92 Å². The van der Waals surface area contributed by atoms with Crippen LogP contribution in [0.5, 0.6) is 0 Å². The summed E-state index contributed by atoms with van der Waals surface area (Å²) in [6, 6.07) is 5.08. The van der Waals surface area contributed by atoms with Crippen LogP contribution in [0.4, 0.5) is 0 Å². The van der Waals surface area contributed by atoms with Gasteiger partial charge in [0, 0.05) is 24.1 Å². The lowest BCUT2D eigenvalue weighted by atomic mass is 10.1. The average Bonchev–Trinajstić information content (AvgIpc) is 2.39. The summed E-state index contributed by atoms with van der Waals surface area (Å²) in [7, 11) is -3.47. The molecule has 1 aromatic carbocycles. The Bertz CT molecular complexity index is 557. The summed E-state index contributed by atoms with van der Waals surface area (Å²) in [5.41, 5.74) is 1.32. The van der Waals surface area contributed by atoms with Gasteiger partial charge in [-0.05, 0) is 31.0 Å². The number of sulfonamides is 1. The van der Waals surface area contributed by atoms with Crippen molar-refractivity contribution in [2.24, 2.45) is 0 Å². The Balaban J connectivity index is 2.44. The maximum Gasteiger partial charge on any atom is 0.243 e. The van der Waals surface area contributed by atoms with Crippen molar-refractivity contribution in [2.45, 2.75) is 31.4 Å². The number of hydrogen-bond acceptors (Lipinski definition) is 4. The highest BCUT2D eigenvalue weighted by molar-refractivity contribution is 7.99. The topological polar surface area (TPSA) is 57.6 Å². The Kier molecular flexibility index (Phi) is 4.55. The monoisotopic (exact) mass is 301 g/mol. The first kappa shape index (κ1) is 14.8. The molecule has 106 valence electrons. The van der Waals surface area contributed by atoms with Crippen molar-refractivity contribution in [3.8, 4) is 0 Å². The van der Waals surface area contributed by atoms with Crippen LogP contribution in [-0.4, -0.2) is 41.9 Å². The molecule has 0 aromatic heterocycles. The first-order chi connectivity index (χ1) is 8.98. The summed E-state index contributed by atoms with van der Waals surface area (Å²) in [5, 5.41) is 9.26. The summed E-state index contributed by atoms with van der Waals surface area (Å²) in [5.74, 6) is 1.67. The van der Waals surface area contributed by atoms with Crippen molar-refractivity contribution in [1.82, 2.24) is 4.31 Å². The standard InChI is InChI=1S/C13H19NO3S2/c1-10-9-18-7-6-14(10)19(16,17)13-5-3-4-12(8-15)11(13)2/h3-5,10,15H,6-9H2,1-2H3. The van der Waals surface area contributed by atoms with Crippen molar-refractivity contribution in [3.05, 3.63) is 29.3 Å². The minimum absolute atomic E-state index is 0.0148. The number of hydrogen-bond donors (Lipinski definition) is 1. The zero-order valence-electron chi connectivity index (χ0n) is 11.2. The summed E-state index contributed by atoms with van der Waals surface area (Å²) in [4.78, 5) is 0.317. The molecule has 6 heteroatoms. The van der Waals surface area contributed by atoms with Gasteiger partial charge in [0.05, 0.1) is 11.5 Å². The highest BCUT2D eigenvalue weighted by Crippen LogP contribution is 2.27. The van der Waals surface area contributed by atoms with Crippen LogP contribution in [0.1, 0.15) is 18.1 Å². The lowest BCUT2D eigenvalue weighted by molar-refractivity contribution is 0.280. The number of rotatable bonds is 3. The van der Waals surface area contributed by atoms with E-state index in [0.717, 1.165) is 11.5 Å². The molecular weight excluding hydrogens is 282 g/mol. The molecule has 0 saturated carbocycles. The lowest BCUT2D eigenvalue weighted by Crippen LogP contribution is -2.44. The van der Waals surface area contributed by atoms with E-state index in [1.165, 1.54) is 0 Å². The van der Waals surface area contributed by atoms with Gasteiger partial charge in [0.1, 0.15) is 0 Å². The van der Waals surface area contributed by atoms with Crippen LogP contribution in [0.15, 0.2) is 23.1 Å². The van der Waals surface area contributed by atoms with Crippen molar-refractivity contribution in [3.63, 3.8) is 0 Å². The van der Waals surface area contributed by atoms with E-state index in [-0.39, 0.29) is 12.6 Å². The summed E-state index contributed by atoms with van der Waals surface area (Å²) < 4.78 is 27.0. The third-order valence-corrected chi connectivity index (χ3v) is 6.81. The second kappa shape index (κ2) is 5.83. The Morgan fingerprint density at radius 2 is 2.21 bits per heavy atom. The van der Waals surface area contributed by atoms with Crippen molar-refractivity contribution in [1.29, 1.82) is 0 Å². The predicted molar refractivity (Wildman–Crippen MR) is 77.8 cm³/mol. The maximum atomic E-state index is 12.7. The first-order valence-electron chi connectivity index (χ1n) is 6.27. The van der Waals surface area contributed by atoms with E-state index in [2.05, 4.69) is 0 Å². The van der Waals surface area contributed by atoms with Gasteiger partial charge in [-0.15, -0.1) is 0 Å². The molecule has 0 spiro atoms. The van der Waals surface area contributed by atoms with Gasteiger partial charge in [0.2, 0.25) is 10.0 Å². The molecule has 1 atom stereocenters. The van der Waals surface area contributed by atoms with E-state index in [4.69, 9.17) is 0 Å². The van der Waals surface area contributed by atoms with Crippen LogP contribution in [0.3, 0.4) is 0 Å². The second-order valence-electron chi connectivity index (χ2n) is 4.74. The third kappa shape index (κ3) is 2.81. The largest absolute Gasteiger partial charge is 0.392 e. The molecule has 1 aliphatic heterocycles. The van der Waals surface area contributed by atoms with Gasteiger partial charge in [-0.2, -0.15) is 16.1 Å². The number of thioether (sulfide) groups is 1. The second-order valence-corrected chi connectivity index (χ2v) is 7.75. The molecule has 0 bridgehead atoms. The quantitative estimate of drug-likeness (QED) is 0.921. The van der Waals surface area contributed by atoms with Gasteiger partial charge in [0.15, 0.2) is 0 Å². The molecule has 1 N–H and O–H groups in total. The SMILES string of the molecule is Cc1c(CO)cccc1S(=O)(=O)N1CCSCC1C. The molecular formula is C13H19NO3S2. The fourth-order valence-electron chi connectivity index (χ4n) is 2.31. The zero-order chi connectivity index (χ0) is 14.0. The van der Waals surface area contributed by atoms with Crippen LogP contribution in [0, 0.1) is 6.92 Å². The smallest absolute Gasteiger partial charge is 0.243 e. The van der Waals surface area contributed by atoms with Crippen LogP contribution in [-0.2, 0) is 16.6 Å². The van der Waals surface area contributed by atoms with Crippen LogP contribution >= 0.6 is 11.8 Å². The molecule has 1 saturated heterocycles. The molecule has 1 unspecified atom stereocenters. The van der Waals surface area contributed by atoms with Crippen molar-refractivity contribution >= 4 is 21.8 Å². The molecule has 0 amide bonds. The van der Waals surface area contributed by atoms with Gasteiger partial charge in [-0.25, -0.2) is 8.42 Å². The Morgan fingerprint density at radius 3 is 2.84 bits per heavy atom. The molecule has 0 radical (unpaired) electrons. The summed E-state index contributed by atoms with van der Waals surface area (Å²) >= 11 is 1.78. The van der Waals surface area contributed by atoms with E-state index in [1.54, 1.807) is 41.2 Å². The van der Waals surface area contributed by atoms with Crippen molar-refractivity contribution in [2.75, 3.05) is 18.1 Å². The Morgan fingerprint density at radius 1 is 1.47 bits per heavy atom. The summed E-state index contributed by atoms with van der Waals surface area (Å²) in [6.45, 7) is 4.11. The number of benzene rings is 1. The Hall–Kier alpha value is -0.560. The molecule has 1 heterocycles. The number of aliphatic hydroxyl groups excluding tert-OH is 1. The molecule has 0 aliphatic carbocycles. The fourth-order valence-corrected chi connectivity index (χ4v) is 5.43.